The fourth-order valence-corrected chi connectivity index (χ4v) is 2.64. The molecule has 23 heavy (non-hydrogen) atoms. The molecule has 0 aliphatic carbocycles. The normalized spacial score (nSPS) is 16.1. The van der Waals surface area contributed by atoms with E-state index in [2.05, 4.69) is 12.2 Å². The summed E-state index contributed by atoms with van der Waals surface area (Å²) in [6.45, 7) is 3.09. The summed E-state index contributed by atoms with van der Waals surface area (Å²) < 4.78 is 11.4. The molecule has 0 radical (unpaired) electrons. The molecule has 1 unspecified atom stereocenters. The van der Waals surface area contributed by atoms with Crippen LogP contribution in [0.4, 0.5) is 5.69 Å². The van der Waals surface area contributed by atoms with E-state index in [1.54, 1.807) is 0 Å². The molecule has 1 aliphatic heterocycles. The second-order valence-electron chi connectivity index (χ2n) is 5.65. The Morgan fingerprint density at radius 3 is 2.87 bits per heavy atom. The van der Waals surface area contributed by atoms with E-state index in [0.717, 1.165) is 17.7 Å². The number of carbonyl (C=O) groups is 1. The summed E-state index contributed by atoms with van der Waals surface area (Å²) in [5.74, 6) is 1.36. The van der Waals surface area contributed by atoms with Crippen LogP contribution in [0.25, 0.3) is 0 Å². The average molecular weight is 311 g/mol. The van der Waals surface area contributed by atoms with E-state index >= 15 is 0 Å². The minimum atomic E-state index is -0.191. The van der Waals surface area contributed by atoms with Crippen molar-refractivity contribution in [3.63, 3.8) is 0 Å². The second-order valence-corrected chi connectivity index (χ2v) is 5.65. The molecule has 2 aromatic rings. The Bertz CT molecular complexity index is 684. The van der Waals surface area contributed by atoms with E-state index in [9.17, 15) is 4.79 Å². The highest BCUT2D eigenvalue weighted by molar-refractivity contribution is 5.94. The Balaban J connectivity index is 1.68. The van der Waals surface area contributed by atoms with Gasteiger partial charge in [-0.15, -0.1) is 0 Å². The van der Waals surface area contributed by atoms with E-state index < -0.39 is 0 Å². The number of carbonyl (C=O) groups excluding carboxylic acids is 1. The molecule has 1 aliphatic rings. The van der Waals surface area contributed by atoms with Gasteiger partial charge in [0.15, 0.2) is 0 Å². The highest BCUT2D eigenvalue weighted by Crippen LogP contribution is 2.29. The number of para-hydroxylation sites is 3. The maximum absolute atomic E-state index is 12.6. The SMILES string of the molecule is CCCOc1ccccc1NC(=O)C1COc2ccccc2C1. The first kappa shape index (κ1) is 15.4. The molecule has 1 amide bonds. The Kier molecular flexibility index (Phi) is 4.81. The molecular weight excluding hydrogens is 290 g/mol. The first-order chi connectivity index (χ1) is 11.3. The minimum absolute atomic E-state index is 0.0351. The maximum Gasteiger partial charge on any atom is 0.231 e. The lowest BCUT2D eigenvalue weighted by Crippen LogP contribution is -2.32. The smallest absolute Gasteiger partial charge is 0.231 e. The molecule has 4 nitrogen and oxygen atoms in total. The van der Waals surface area contributed by atoms with Crippen LogP contribution in [-0.4, -0.2) is 19.1 Å². The van der Waals surface area contributed by atoms with Gasteiger partial charge in [-0.2, -0.15) is 0 Å². The van der Waals surface area contributed by atoms with E-state index in [-0.39, 0.29) is 11.8 Å². The van der Waals surface area contributed by atoms with Gasteiger partial charge in [0.25, 0.3) is 0 Å². The average Bonchev–Trinajstić information content (AvgIpc) is 2.60. The van der Waals surface area contributed by atoms with Gasteiger partial charge in [0.1, 0.15) is 18.1 Å². The molecule has 120 valence electrons. The van der Waals surface area contributed by atoms with Crippen molar-refractivity contribution >= 4 is 11.6 Å². The molecule has 1 N–H and O–H groups in total. The molecule has 3 rings (SSSR count). The molecular formula is C19H21NO3. The van der Waals surface area contributed by atoms with E-state index in [4.69, 9.17) is 9.47 Å². The van der Waals surface area contributed by atoms with Gasteiger partial charge in [0.05, 0.1) is 18.2 Å². The monoisotopic (exact) mass is 311 g/mol. The van der Waals surface area contributed by atoms with Gasteiger partial charge in [-0.1, -0.05) is 37.3 Å². The van der Waals surface area contributed by atoms with E-state index in [1.165, 1.54) is 0 Å². The maximum atomic E-state index is 12.6. The van der Waals surface area contributed by atoms with Crippen LogP contribution in [0.5, 0.6) is 11.5 Å². The summed E-state index contributed by atoms with van der Waals surface area (Å²) in [4.78, 5) is 12.6. The van der Waals surface area contributed by atoms with Gasteiger partial charge in [-0.25, -0.2) is 0 Å². The summed E-state index contributed by atoms with van der Waals surface area (Å²) >= 11 is 0. The van der Waals surface area contributed by atoms with Crippen LogP contribution in [0.15, 0.2) is 48.5 Å². The molecule has 0 spiro atoms. The topological polar surface area (TPSA) is 47.6 Å². The van der Waals surface area contributed by atoms with Crippen molar-refractivity contribution < 1.29 is 14.3 Å². The third kappa shape index (κ3) is 3.65. The summed E-state index contributed by atoms with van der Waals surface area (Å²) in [6.07, 6.45) is 1.62. The lowest BCUT2D eigenvalue weighted by Gasteiger charge is -2.24. The van der Waals surface area contributed by atoms with Crippen LogP contribution in [0.1, 0.15) is 18.9 Å². The number of amides is 1. The zero-order valence-corrected chi connectivity index (χ0v) is 13.2. The van der Waals surface area contributed by atoms with Crippen LogP contribution >= 0.6 is 0 Å². The predicted octanol–water partition coefficient (Wildman–Crippen LogP) is 3.67. The van der Waals surface area contributed by atoms with Gasteiger partial charge < -0.3 is 14.8 Å². The van der Waals surface area contributed by atoms with Gasteiger partial charge in [0, 0.05) is 0 Å². The standard InChI is InChI=1S/C19H21NO3/c1-2-11-22-18-10-6-4-8-16(18)20-19(21)15-12-14-7-3-5-9-17(14)23-13-15/h3-10,15H,2,11-13H2,1H3,(H,20,21). The summed E-state index contributed by atoms with van der Waals surface area (Å²) in [6, 6.07) is 15.4. The summed E-state index contributed by atoms with van der Waals surface area (Å²) in [5.41, 5.74) is 1.79. The van der Waals surface area contributed by atoms with Crippen molar-refractivity contribution in [2.75, 3.05) is 18.5 Å². The number of ether oxygens (including phenoxy) is 2. The Morgan fingerprint density at radius 2 is 2.00 bits per heavy atom. The molecule has 0 saturated carbocycles. The minimum Gasteiger partial charge on any atom is -0.492 e. The summed E-state index contributed by atoms with van der Waals surface area (Å²) in [7, 11) is 0. The van der Waals surface area contributed by atoms with E-state index in [0.29, 0.717) is 31.1 Å². The van der Waals surface area contributed by atoms with Gasteiger partial charge in [0.2, 0.25) is 5.91 Å². The van der Waals surface area contributed by atoms with Crippen molar-refractivity contribution in [1.82, 2.24) is 0 Å². The van der Waals surface area contributed by atoms with Gasteiger partial charge >= 0.3 is 0 Å². The van der Waals surface area contributed by atoms with Crippen LogP contribution in [-0.2, 0) is 11.2 Å². The molecule has 0 saturated heterocycles. The zero-order chi connectivity index (χ0) is 16.1. The Morgan fingerprint density at radius 1 is 1.22 bits per heavy atom. The number of hydrogen-bond acceptors (Lipinski definition) is 3. The Hall–Kier alpha value is -2.49. The highest BCUT2D eigenvalue weighted by atomic mass is 16.5. The molecule has 0 bridgehead atoms. The largest absolute Gasteiger partial charge is 0.492 e. The second kappa shape index (κ2) is 7.18. The number of fused-ring (bicyclic) bond motifs is 1. The van der Waals surface area contributed by atoms with Crippen molar-refractivity contribution in [2.45, 2.75) is 19.8 Å². The van der Waals surface area contributed by atoms with Crippen LogP contribution < -0.4 is 14.8 Å². The van der Waals surface area contributed by atoms with Crippen molar-refractivity contribution in [2.24, 2.45) is 5.92 Å². The molecule has 4 heteroatoms. The fourth-order valence-electron chi connectivity index (χ4n) is 2.64. The van der Waals surface area contributed by atoms with Crippen LogP contribution in [0, 0.1) is 5.92 Å². The third-order valence-electron chi connectivity index (χ3n) is 3.86. The van der Waals surface area contributed by atoms with Gasteiger partial charge in [-0.05, 0) is 36.6 Å². The number of hydrogen-bond donors (Lipinski definition) is 1. The quantitative estimate of drug-likeness (QED) is 0.916. The number of nitrogens with one attached hydrogen (secondary N) is 1. The molecule has 1 heterocycles. The number of anilines is 1. The lowest BCUT2D eigenvalue weighted by atomic mass is 9.96. The van der Waals surface area contributed by atoms with E-state index in [1.807, 2.05) is 48.5 Å². The fraction of sp³-hybridized carbons (Fsp3) is 0.316. The summed E-state index contributed by atoms with van der Waals surface area (Å²) in [5, 5.41) is 2.98. The number of rotatable bonds is 5. The zero-order valence-electron chi connectivity index (χ0n) is 13.2. The Labute approximate surface area is 136 Å². The molecule has 0 fully saturated rings. The first-order valence-corrected chi connectivity index (χ1v) is 8.01. The molecule has 1 atom stereocenters. The van der Waals surface area contributed by atoms with Crippen LogP contribution in [0.2, 0.25) is 0 Å². The number of benzene rings is 2. The van der Waals surface area contributed by atoms with Crippen LogP contribution in [0.3, 0.4) is 0 Å². The highest BCUT2D eigenvalue weighted by Gasteiger charge is 2.26. The lowest BCUT2D eigenvalue weighted by molar-refractivity contribution is -0.121. The van der Waals surface area contributed by atoms with Crippen molar-refractivity contribution in [3.8, 4) is 11.5 Å². The molecule has 2 aromatic carbocycles. The predicted molar refractivity (Wildman–Crippen MR) is 90.0 cm³/mol. The first-order valence-electron chi connectivity index (χ1n) is 8.01. The van der Waals surface area contributed by atoms with Gasteiger partial charge in [-0.3, -0.25) is 4.79 Å². The van der Waals surface area contributed by atoms with Crippen molar-refractivity contribution in [3.05, 3.63) is 54.1 Å². The molecule has 0 aromatic heterocycles. The van der Waals surface area contributed by atoms with Crippen molar-refractivity contribution in [1.29, 1.82) is 0 Å². The third-order valence-corrected chi connectivity index (χ3v) is 3.86.